The van der Waals surface area contributed by atoms with Crippen LogP contribution in [0.3, 0.4) is 0 Å². The lowest BCUT2D eigenvalue weighted by Crippen LogP contribution is -2.44. The zero-order valence-electron chi connectivity index (χ0n) is 17.5. The van der Waals surface area contributed by atoms with Crippen molar-refractivity contribution in [2.45, 2.75) is 19.3 Å². The first-order valence-electron chi connectivity index (χ1n) is 10.2. The number of halogens is 1. The Morgan fingerprint density at radius 2 is 1.73 bits per heavy atom. The van der Waals surface area contributed by atoms with Gasteiger partial charge in [-0.05, 0) is 55.9 Å². The van der Waals surface area contributed by atoms with Gasteiger partial charge in [0.1, 0.15) is 5.75 Å². The molecule has 0 aromatic heterocycles. The molecule has 160 valence electrons. The van der Waals surface area contributed by atoms with E-state index >= 15 is 0 Å². The van der Waals surface area contributed by atoms with Gasteiger partial charge in [-0.15, -0.1) is 0 Å². The Hall–Kier alpha value is -2.57. The molecule has 0 atom stereocenters. The minimum atomic E-state index is -0.116. The Bertz CT molecular complexity index is 878. The zero-order chi connectivity index (χ0) is 21.5. The number of carbonyl (C=O) groups excluding carboxylic acids is 2. The van der Waals surface area contributed by atoms with Crippen molar-refractivity contribution in [3.63, 3.8) is 0 Å². The smallest absolute Gasteiger partial charge is 0.224 e. The SMILES string of the molecule is COc1ccc(C(=O)CCCC(=O)Nc2cc(Cl)ccc2N2CCN(C)CC2)cc1. The molecule has 30 heavy (non-hydrogen) atoms. The normalized spacial score (nSPS) is 14.4. The van der Waals surface area contributed by atoms with Crippen LogP contribution in [0.4, 0.5) is 11.4 Å². The molecule has 2 aromatic rings. The molecule has 1 fully saturated rings. The Morgan fingerprint density at radius 1 is 1.03 bits per heavy atom. The lowest BCUT2D eigenvalue weighted by molar-refractivity contribution is -0.116. The summed E-state index contributed by atoms with van der Waals surface area (Å²) in [6.07, 6.45) is 1.08. The number of Topliss-reactive ketones (excluding diaryl/α,β-unsaturated/α-hetero) is 1. The molecular formula is C23H28ClN3O3. The quantitative estimate of drug-likeness (QED) is 0.640. The van der Waals surface area contributed by atoms with Crippen molar-refractivity contribution >= 4 is 34.7 Å². The first kappa shape index (κ1) is 22.1. The molecule has 0 saturated carbocycles. The highest BCUT2D eigenvalue weighted by Crippen LogP contribution is 2.30. The third-order valence-electron chi connectivity index (χ3n) is 5.30. The summed E-state index contributed by atoms with van der Waals surface area (Å²) in [4.78, 5) is 29.4. The maximum Gasteiger partial charge on any atom is 0.224 e. The Kier molecular flexibility index (Phi) is 7.71. The first-order valence-corrected chi connectivity index (χ1v) is 10.5. The largest absolute Gasteiger partial charge is 0.497 e. The molecule has 1 N–H and O–H groups in total. The molecular weight excluding hydrogens is 402 g/mol. The number of carbonyl (C=O) groups is 2. The molecule has 6 nitrogen and oxygen atoms in total. The molecule has 1 aliphatic heterocycles. The van der Waals surface area contributed by atoms with Gasteiger partial charge in [-0.2, -0.15) is 0 Å². The van der Waals surface area contributed by atoms with E-state index in [1.54, 1.807) is 37.4 Å². The van der Waals surface area contributed by atoms with E-state index in [1.807, 2.05) is 12.1 Å². The van der Waals surface area contributed by atoms with E-state index in [4.69, 9.17) is 16.3 Å². The summed E-state index contributed by atoms with van der Waals surface area (Å²) >= 11 is 6.17. The summed E-state index contributed by atoms with van der Waals surface area (Å²) in [5.41, 5.74) is 2.33. The summed E-state index contributed by atoms with van der Waals surface area (Å²) in [6.45, 7) is 3.75. The molecule has 7 heteroatoms. The van der Waals surface area contributed by atoms with Crippen LogP contribution in [0.5, 0.6) is 5.75 Å². The van der Waals surface area contributed by atoms with Crippen LogP contribution in [-0.4, -0.2) is 56.9 Å². The number of ether oxygens (including phenoxy) is 1. The molecule has 3 rings (SSSR count). The minimum absolute atomic E-state index is 0.0198. The molecule has 1 aliphatic rings. The summed E-state index contributed by atoms with van der Waals surface area (Å²) < 4.78 is 5.11. The predicted octanol–water partition coefficient (Wildman–Crippen LogP) is 4.09. The van der Waals surface area contributed by atoms with Crippen LogP contribution in [0.1, 0.15) is 29.6 Å². The third kappa shape index (κ3) is 5.97. The standard InChI is InChI=1S/C23H28ClN3O3/c1-26-12-14-27(15-13-26)21-11-8-18(24)16-20(21)25-23(29)5-3-4-22(28)17-6-9-19(30-2)10-7-17/h6-11,16H,3-5,12-15H2,1-2H3,(H,25,29). The number of hydrogen-bond donors (Lipinski definition) is 1. The first-order chi connectivity index (χ1) is 14.5. The average Bonchev–Trinajstić information content (AvgIpc) is 2.74. The van der Waals surface area contributed by atoms with Crippen LogP contribution >= 0.6 is 11.6 Å². The van der Waals surface area contributed by atoms with Crippen LogP contribution < -0.4 is 15.0 Å². The predicted molar refractivity (Wildman–Crippen MR) is 121 cm³/mol. The van der Waals surface area contributed by atoms with E-state index in [9.17, 15) is 9.59 Å². The van der Waals surface area contributed by atoms with Gasteiger partial charge >= 0.3 is 0 Å². The highest BCUT2D eigenvalue weighted by Gasteiger charge is 2.18. The number of benzene rings is 2. The van der Waals surface area contributed by atoms with Crippen molar-refractivity contribution in [2.24, 2.45) is 0 Å². The van der Waals surface area contributed by atoms with E-state index in [-0.39, 0.29) is 18.1 Å². The van der Waals surface area contributed by atoms with Crippen LogP contribution in [0.25, 0.3) is 0 Å². The van der Waals surface area contributed by atoms with E-state index in [2.05, 4.69) is 22.2 Å². The second kappa shape index (κ2) is 10.5. The Labute approximate surface area is 182 Å². The number of piperazine rings is 1. The maximum absolute atomic E-state index is 12.5. The zero-order valence-corrected chi connectivity index (χ0v) is 18.2. The molecule has 1 saturated heterocycles. The molecule has 0 spiro atoms. The number of likely N-dealkylation sites (N-methyl/N-ethyl adjacent to an activating group) is 1. The Morgan fingerprint density at radius 3 is 2.40 bits per heavy atom. The maximum atomic E-state index is 12.5. The van der Waals surface area contributed by atoms with E-state index in [0.29, 0.717) is 29.2 Å². The summed E-state index contributed by atoms with van der Waals surface area (Å²) in [7, 11) is 3.69. The summed E-state index contributed by atoms with van der Waals surface area (Å²) in [5.74, 6) is 0.616. The second-order valence-corrected chi connectivity index (χ2v) is 7.94. The van der Waals surface area contributed by atoms with Gasteiger partial charge in [-0.3, -0.25) is 9.59 Å². The number of amides is 1. The van der Waals surface area contributed by atoms with Crippen molar-refractivity contribution in [1.82, 2.24) is 4.90 Å². The van der Waals surface area contributed by atoms with Gasteiger partial charge in [-0.1, -0.05) is 11.6 Å². The van der Waals surface area contributed by atoms with E-state index in [1.165, 1.54) is 0 Å². The highest BCUT2D eigenvalue weighted by molar-refractivity contribution is 6.31. The van der Waals surface area contributed by atoms with Crippen LogP contribution in [-0.2, 0) is 4.79 Å². The van der Waals surface area contributed by atoms with Crippen LogP contribution in [0.15, 0.2) is 42.5 Å². The number of rotatable bonds is 8. The fraction of sp³-hybridized carbons (Fsp3) is 0.391. The van der Waals surface area contributed by atoms with E-state index in [0.717, 1.165) is 37.6 Å². The van der Waals surface area contributed by atoms with Gasteiger partial charge in [0.15, 0.2) is 5.78 Å². The molecule has 2 aromatic carbocycles. The Balaban J connectivity index is 1.54. The van der Waals surface area contributed by atoms with Gasteiger partial charge < -0.3 is 19.9 Å². The highest BCUT2D eigenvalue weighted by atomic mass is 35.5. The van der Waals surface area contributed by atoms with Crippen molar-refractivity contribution in [1.29, 1.82) is 0 Å². The van der Waals surface area contributed by atoms with Gasteiger partial charge in [0.2, 0.25) is 5.91 Å². The summed E-state index contributed by atoms with van der Waals surface area (Å²) in [5, 5.41) is 3.56. The topological polar surface area (TPSA) is 61.9 Å². The van der Waals surface area contributed by atoms with E-state index < -0.39 is 0 Å². The number of nitrogens with zero attached hydrogens (tertiary/aromatic N) is 2. The average molecular weight is 430 g/mol. The van der Waals surface area contributed by atoms with Gasteiger partial charge in [0, 0.05) is 49.6 Å². The van der Waals surface area contributed by atoms with Gasteiger partial charge in [0.25, 0.3) is 0 Å². The number of nitrogens with one attached hydrogen (secondary N) is 1. The molecule has 1 heterocycles. The fourth-order valence-corrected chi connectivity index (χ4v) is 3.65. The molecule has 0 bridgehead atoms. The van der Waals surface area contributed by atoms with Crippen LogP contribution in [0.2, 0.25) is 5.02 Å². The number of hydrogen-bond acceptors (Lipinski definition) is 5. The molecule has 0 aliphatic carbocycles. The third-order valence-corrected chi connectivity index (χ3v) is 5.53. The van der Waals surface area contributed by atoms with Gasteiger partial charge in [0.05, 0.1) is 18.5 Å². The number of ketones is 1. The van der Waals surface area contributed by atoms with Gasteiger partial charge in [-0.25, -0.2) is 0 Å². The van der Waals surface area contributed by atoms with Crippen molar-refractivity contribution < 1.29 is 14.3 Å². The molecule has 1 amide bonds. The molecule has 0 radical (unpaired) electrons. The van der Waals surface area contributed by atoms with Crippen LogP contribution in [0, 0.1) is 0 Å². The minimum Gasteiger partial charge on any atom is -0.497 e. The van der Waals surface area contributed by atoms with Crippen molar-refractivity contribution in [3.8, 4) is 5.75 Å². The number of anilines is 2. The fourth-order valence-electron chi connectivity index (χ4n) is 3.47. The van der Waals surface area contributed by atoms with Crippen molar-refractivity contribution in [3.05, 3.63) is 53.1 Å². The monoisotopic (exact) mass is 429 g/mol. The second-order valence-electron chi connectivity index (χ2n) is 7.51. The lowest BCUT2D eigenvalue weighted by atomic mass is 10.1. The number of methoxy groups -OCH3 is 1. The molecule has 0 unspecified atom stereocenters. The van der Waals surface area contributed by atoms with Crippen molar-refractivity contribution in [2.75, 3.05) is 50.6 Å². The lowest BCUT2D eigenvalue weighted by Gasteiger charge is -2.35. The summed E-state index contributed by atoms with van der Waals surface area (Å²) in [6, 6.07) is 12.6.